The monoisotopic (exact) mass is 688 g/mol. The van der Waals surface area contributed by atoms with E-state index >= 15 is 0 Å². The Morgan fingerprint density at radius 2 is 1.89 bits per heavy atom. The molecular weight excluding hydrogens is 667 g/mol. The van der Waals surface area contributed by atoms with Gasteiger partial charge in [0, 0.05) is 16.1 Å². The number of nitrogens with one attached hydrogen (secondary N) is 1. The Morgan fingerprint density at radius 3 is 2.69 bits per heavy atom. The van der Waals surface area contributed by atoms with Crippen LogP contribution in [-0.4, -0.2) is 35.0 Å². The van der Waals surface area contributed by atoms with Crippen LogP contribution >= 0.6 is 27.5 Å². The van der Waals surface area contributed by atoms with Crippen molar-refractivity contribution < 1.29 is 23.1 Å². The van der Waals surface area contributed by atoms with Crippen LogP contribution in [0.5, 0.6) is 11.5 Å². The van der Waals surface area contributed by atoms with Crippen LogP contribution in [0.15, 0.2) is 104 Å². The average Bonchev–Trinajstić information content (AvgIpc) is 3.44. The summed E-state index contributed by atoms with van der Waals surface area (Å²) >= 11 is 9.66. The van der Waals surface area contributed by atoms with Gasteiger partial charge in [0.2, 0.25) is 5.82 Å². The van der Waals surface area contributed by atoms with E-state index in [9.17, 15) is 14.0 Å². The average molecular weight is 690 g/mol. The number of hydrogen-bond donors (Lipinski definition) is 1. The third-order valence-electron chi connectivity index (χ3n) is 6.58. The maximum atomic E-state index is 13.6. The molecule has 12 heteroatoms. The molecule has 0 atom stereocenters. The highest BCUT2D eigenvalue weighted by molar-refractivity contribution is 9.10. The van der Waals surface area contributed by atoms with E-state index in [0.717, 1.165) is 5.39 Å². The standard InChI is InChI=1S/C33H23BrClFN4O5/c1-2-43-28-14-19(13-25(34)31(28)44-18-30(41)38-23-10-8-22(36)9-11-23)17-37-40-32(39-26-6-4-3-5-24(26)33(40)42)29-16-20-15-21(35)7-12-27(20)45-29/h3-17H,2,18H2,1H3,(H,38,41). The van der Waals surface area contributed by atoms with Gasteiger partial charge in [-0.05, 0) is 101 Å². The van der Waals surface area contributed by atoms with Crippen LogP contribution in [0.1, 0.15) is 12.5 Å². The highest BCUT2D eigenvalue weighted by Crippen LogP contribution is 2.37. The minimum absolute atomic E-state index is 0.207. The number of carbonyl (C=O) groups excluding carboxylic acids is 1. The molecule has 226 valence electrons. The number of nitrogens with zero attached hydrogens (tertiary/aromatic N) is 3. The molecule has 4 aromatic carbocycles. The van der Waals surface area contributed by atoms with E-state index in [2.05, 4.69) is 26.3 Å². The van der Waals surface area contributed by atoms with Gasteiger partial charge in [0.1, 0.15) is 11.4 Å². The topological polar surface area (TPSA) is 108 Å². The Bertz CT molecular complexity index is 2150. The summed E-state index contributed by atoms with van der Waals surface area (Å²) in [6.07, 6.45) is 1.49. The largest absolute Gasteiger partial charge is 0.490 e. The van der Waals surface area contributed by atoms with Crippen LogP contribution in [-0.2, 0) is 4.79 Å². The molecule has 2 heterocycles. The smallest absolute Gasteiger partial charge is 0.282 e. The van der Waals surface area contributed by atoms with Gasteiger partial charge in [0.05, 0.1) is 28.2 Å². The second-order valence-corrected chi connectivity index (χ2v) is 11.0. The van der Waals surface area contributed by atoms with Crippen molar-refractivity contribution in [2.24, 2.45) is 5.10 Å². The fraction of sp³-hybridized carbons (Fsp3) is 0.0909. The zero-order valence-corrected chi connectivity index (χ0v) is 25.9. The summed E-state index contributed by atoms with van der Waals surface area (Å²) in [7, 11) is 0. The zero-order chi connectivity index (χ0) is 31.5. The highest BCUT2D eigenvalue weighted by Gasteiger charge is 2.18. The van der Waals surface area contributed by atoms with E-state index in [1.165, 1.54) is 35.2 Å². The Balaban J connectivity index is 1.33. The number of benzene rings is 4. The van der Waals surface area contributed by atoms with Gasteiger partial charge >= 0.3 is 0 Å². The van der Waals surface area contributed by atoms with Gasteiger partial charge in [-0.3, -0.25) is 9.59 Å². The Hall–Kier alpha value is -5.00. The number of aromatic nitrogens is 2. The van der Waals surface area contributed by atoms with Gasteiger partial charge < -0.3 is 19.2 Å². The zero-order valence-electron chi connectivity index (χ0n) is 23.6. The molecule has 0 fully saturated rings. The van der Waals surface area contributed by atoms with Crippen molar-refractivity contribution in [2.75, 3.05) is 18.5 Å². The molecule has 6 rings (SSSR count). The number of ether oxygens (including phenoxy) is 2. The molecule has 0 aliphatic carbocycles. The van der Waals surface area contributed by atoms with Crippen LogP contribution in [0, 0.1) is 5.82 Å². The molecule has 6 aromatic rings. The van der Waals surface area contributed by atoms with E-state index in [4.69, 9.17) is 30.5 Å². The van der Waals surface area contributed by atoms with Gasteiger partial charge in [0.15, 0.2) is 23.9 Å². The third kappa shape index (κ3) is 6.59. The lowest BCUT2D eigenvalue weighted by Crippen LogP contribution is -2.20. The fourth-order valence-corrected chi connectivity index (χ4v) is 5.33. The van der Waals surface area contributed by atoms with Crippen molar-refractivity contribution in [1.82, 2.24) is 9.66 Å². The number of para-hydroxylation sites is 1. The van der Waals surface area contributed by atoms with Gasteiger partial charge in [-0.2, -0.15) is 9.78 Å². The Kier molecular flexibility index (Phi) is 8.63. The molecule has 1 N–H and O–H groups in total. The van der Waals surface area contributed by atoms with Crippen LogP contribution in [0.2, 0.25) is 5.02 Å². The second kappa shape index (κ2) is 12.9. The molecule has 1 amide bonds. The Morgan fingerprint density at radius 1 is 1.09 bits per heavy atom. The van der Waals surface area contributed by atoms with E-state index in [1.807, 2.05) is 6.92 Å². The second-order valence-electron chi connectivity index (χ2n) is 9.71. The first-order valence-electron chi connectivity index (χ1n) is 13.7. The molecule has 0 unspecified atom stereocenters. The summed E-state index contributed by atoms with van der Waals surface area (Å²) in [5.74, 6) is 0.349. The number of carbonyl (C=O) groups is 1. The molecule has 9 nitrogen and oxygen atoms in total. The molecule has 0 radical (unpaired) electrons. The molecule has 0 aliphatic rings. The lowest BCUT2D eigenvalue weighted by atomic mass is 10.2. The number of amides is 1. The van der Waals surface area contributed by atoms with Crippen LogP contribution in [0.4, 0.5) is 10.1 Å². The summed E-state index contributed by atoms with van der Waals surface area (Å²) < 4.78 is 32.5. The molecule has 0 spiro atoms. The third-order valence-corrected chi connectivity index (χ3v) is 7.41. The summed E-state index contributed by atoms with van der Waals surface area (Å²) in [5.41, 5.74) is 1.69. The number of anilines is 1. The first-order valence-corrected chi connectivity index (χ1v) is 14.9. The molecule has 0 bridgehead atoms. The molecule has 0 saturated heterocycles. The maximum absolute atomic E-state index is 13.6. The minimum atomic E-state index is -0.440. The van der Waals surface area contributed by atoms with Crippen LogP contribution < -0.4 is 20.3 Å². The lowest BCUT2D eigenvalue weighted by molar-refractivity contribution is -0.118. The number of furan rings is 1. The number of hydrogen-bond acceptors (Lipinski definition) is 7. The summed E-state index contributed by atoms with van der Waals surface area (Å²) in [4.78, 5) is 30.8. The van der Waals surface area contributed by atoms with E-state index in [0.29, 0.717) is 61.1 Å². The maximum Gasteiger partial charge on any atom is 0.282 e. The lowest BCUT2D eigenvalue weighted by Gasteiger charge is -2.14. The van der Waals surface area contributed by atoms with Gasteiger partial charge in [-0.15, -0.1) is 0 Å². The first-order chi connectivity index (χ1) is 21.8. The van der Waals surface area contributed by atoms with Crippen LogP contribution in [0.25, 0.3) is 33.5 Å². The molecule has 0 saturated carbocycles. The fourth-order valence-electron chi connectivity index (χ4n) is 4.57. The van der Waals surface area contributed by atoms with E-state index in [-0.39, 0.29) is 18.0 Å². The highest BCUT2D eigenvalue weighted by atomic mass is 79.9. The van der Waals surface area contributed by atoms with Gasteiger partial charge in [-0.25, -0.2) is 9.37 Å². The minimum Gasteiger partial charge on any atom is -0.490 e. The number of fused-ring (bicyclic) bond motifs is 2. The van der Waals surface area contributed by atoms with Crippen molar-refractivity contribution in [3.8, 4) is 23.1 Å². The van der Waals surface area contributed by atoms with Crippen molar-refractivity contribution in [3.63, 3.8) is 0 Å². The first kappa shape index (κ1) is 30.0. The van der Waals surface area contributed by atoms with Crippen molar-refractivity contribution >= 4 is 67.2 Å². The van der Waals surface area contributed by atoms with Crippen molar-refractivity contribution in [3.05, 3.63) is 116 Å². The summed E-state index contributed by atoms with van der Waals surface area (Å²) in [5, 5.41) is 8.85. The normalized spacial score (nSPS) is 11.4. The number of halogens is 3. The SMILES string of the molecule is CCOc1cc(C=Nn2c(-c3cc4cc(Cl)ccc4o3)nc3ccccc3c2=O)cc(Br)c1OCC(=O)Nc1ccc(F)cc1. The molecule has 2 aromatic heterocycles. The molecule has 45 heavy (non-hydrogen) atoms. The van der Waals surface area contributed by atoms with Crippen molar-refractivity contribution in [1.29, 1.82) is 0 Å². The Labute approximate surface area is 269 Å². The van der Waals surface area contributed by atoms with E-state index in [1.54, 1.807) is 60.7 Å². The quantitative estimate of drug-likeness (QED) is 0.156. The predicted molar refractivity (Wildman–Crippen MR) is 175 cm³/mol. The predicted octanol–water partition coefficient (Wildman–Crippen LogP) is 7.66. The van der Waals surface area contributed by atoms with E-state index < -0.39 is 11.7 Å². The van der Waals surface area contributed by atoms with Gasteiger partial charge in [0.25, 0.3) is 11.5 Å². The van der Waals surface area contributed by atoms with Crippen LogP contribution in [0.3, 0.4) is 0 Å². The molecule has 0 aliphatic heterocycles. The van der Waals surface area contributed by atoms with Gasteiger partial charge in [-0.1, -0.05) is 23.7 Å². The molecular formula is C33H23BrClFN4O5. The summed E-state index contributed by atoms with van der Waals surface area (Å²) in [6.45, 7) is 1.81. The van der Waals surface area contributed by atoms with Crippen molar-refractivity contribution in [2.45, 2.75) is 6.92 Å². The number of rotatable bonds is 9. The summed E-state index contributed by atoms with van der Waals surface area (Å²) in [6, 6.07) is 22.8.